The van der Waals surface area contributed by atoms with Crippen LogP contribution in [0.2, 0.25) is 0 Å². The highest BCUT2D eigenvalue weighted by molar-refractivity contribution is 5.68. The number of amides is 1. The number of alkyl halides is 9. The molecule has 3 aliphatic heterocycles. The molecule has 3 heterocycles. The van der Waals surface area contributed by atoms with Crippen molar-refractivity contribution in [1.29, 1.82) is 0 Å². The standard InChI is InChI=1S/C27H34F9N3O3/c1-18-3-9-37(10-4-18)16-19-13-20(15-21(14-19)42-27(34,35)36)17-39-8-2-5-24(39)6-11-38(12-7-24)23(40)41-22(25(28,29)30)26(31,32)33/h13-15,18,22H,2-12,16-17H2,1H3. The van der Waals surface area contributed by atoms with E-state index in [4.69, 9.17) is 0 Å². The zero-order valence-corrected chi connectivity index (χ0v) is 23.0. The predicted octanol–water partition coefficient (Wildman–Crippen LogP) is 6.88. The molecule has 42 heavy (non-hydrogen) atoms. The first-order valence-corrected chi connectivity index (χ1v) is 13.9. The predicted molar refractivity (Wildman–Crippen MR) is 132 cm³/mol. The van der Waals surface area contributed by atoms with Crippen molar-refractivity contribution in [3.63, 3.8) is 0 Å². The van der Waals surface area contributed by atoms with Crippen LogP contribution < -0.4 is 4.74 Å². The monoisotopic (exact) mass is 619 g/mol. The molecule has 0 unspecified atom stereocenters. The van der Waals surface area contributed by atoms with Crippen LogP contribution in [0.25, 0.3) is 0 Å². The number of ether oxygens (including phenoxy) is 2. The van der Waals surface area contributed by atoms with Crippen LogP contribution in [0.1, 0.15) is 56.6 Å². The van der Waals surface area contributed by atoms with E-state index in [0.717, 1.165) is 37.3 Å². The van der Waals surface area contributed by atoms with Gasteiger partial charge in [0, 0.05) is 31.7 Å². The van der Waals surface area contributed by atoms with E-state index in [1.807, 2.05) is 6.07 Å². The lowest BCUT2D eigenvalue weighted by molar-refractivity contribution is -0.308. The lowest BCUT2D eigenvalue weighted by atomic mass is 9.85. The van der Waals surface area contributed by atoms with Gasteiger partial charge in [-0.15, -0.1) is 13.2 Å². The molecule has 0 aromatic heterocycles. The van der Waals surface area contributed by atoms with Gasteiger partial charge in [-0.3, -0.25) is 9.80 Å². The van der Waals surface area contributed by atoms with Gasteiger partial charge in [0.1, 0.15) is 5.75 Å². The maximum absolute atomic E-state index is 13.1. The number of piperidine rings is 2. The quantitative estimate of drug-likeness (QED) is 0.325. The third-order valence-corrected chi connectivity index (χ3v) is 8.42. The van der Waals surface area contributed by atoms with Crippen LogP contribution in [0, 0.1) is 5.92 Å². The number of halogens is 9. The van der Waals surface area contributed by atoms with Crippen LogP contribution in [0.4, 0.5) is 44.3 Å². The number of benzene rings is 1. The first-order valence-electron chi connectivity index (χ1n) is 13.9. The Hall–Kier alpha value is -2.42. The van der Waals surface area contributed by atoms with E-state index >= 15 is 0 Å². The Morgan fingerprint density at radius 1 is 0.857 bits per heavy atom. The van der Waals surface area contributed by atoms with Gasteiger partial charge in [-0.25, -0.2) is 4.79 Å². The largest absolute Gasteiger partial charge is 0.573 e. The summed E-state index contributed by atoms with van der Waals surface area (Å²) in [4.78, 5) is 17.3. The van der Waals surface area contributed by atoms with E-state index in [9.17, 15) is 44.3 Å². The first-order chi connectivity index (χ1) is 19.4. The van der Waals surface area contributed by atoms with Crippen molar-refractivity contribution in [2.45, 2.75) is 88.9 Å². The van der Waals surface area contributed by atoms with Crippen LogP contribution in [-0.2, 0) is 17.8 Å². The van der Waals surface area contributed by atoms with Crippen LogP contribution in [-0.4, -0.2) is 83.9 Å². The zero-order valence-electron chi connectivity index (χ0n) is 23.0. The average molecular weight is 620 g/mol. The van der Waals surface area contributed by atoms with Crippen LogP contribution >= 0.6 is 0 Å². The van der Waals surface area contributed by atoms with Gasteiger partial charge in [0.25, 0.3) is 6.10 Å². The Labute approximate surface area is 237 Å². The summed E-state index contributed by atoms with van der Waals surface area (Å²) in [6.07, 6.45) is -18.4. The van der Waals surface area contributed by atoms with Gasteiger partial charge < -0.3 is 14.4 Å². The summed E-state index contributed by atoms with van der Waals surface area (Å²) >= 11 is 0. The molecule has 238 valence electrons. The Morgan fingerprint density at radius 2 is 1.43 bits per heavy atom. The van der Waals surface area contributed by atoms with E-state index in [1.54, 1.807) is 0 Å². The molecule has 6 nitrogen and oxygen atoms in total. The summed E-state index contributed by atoms with van der Waals surface area (Å²) in [6.45, 7) is 4.93. The van der Waals surface area contributed by atoms with E-state index in [1.165, 1.54) is 12.1 Å². The molecule has 0 saturated carbocycles. The highest BCUT2D eigenvalue weighted by Gasteiger charge is 2.60. The normalized spacial score (nSPS) is 21.4. The molecule has 15 heteroatoms. The van der Waals surface area contributed by atoms with Crippen LogP contribution in [0.5, 0.6) is 5.75 Å². The Balaban J connectivity index is 1.44. The molecule has 0 aliphatic carbocycles. The fraction of sp³-hybridized carbons (Fsp3) is 0.741. The van der Waals surface area contributed by atoms with Crippen molar-refractivity contribution in [2.24, 2.45) is 5.92 Å². The summed E-state index contributed by atoms with van der Waals surface area (Å²) in [7, 11) is 0. The van der Waals surface area contributed by atoms with Gasteiger partial charge in [0.05, 0.1) is 0 Å². The van der Waals surface area contributed by atoms with Crippen molar-refractivity contribution in [1.82, 2.24) is 14.7 Å². The molecule has 4 rings (SSSR count). The second kappa shape index (κ2) is 12.3. The highest BCUT2D eigenvalue weighted by Crippen LogP contribution is 2.41. The first kappa shape index (κ1) is 32.5. The fourth-order valence-electron chi connectivity index (χ4n) is 6.21. The molecule has 0 N–H and O–H groups in total. The number of rotatable bonds is 6. The molecule has 0 radical (unpaired) electrons. The van der Waals surface area contributed by atoms with Crippen LogP contribution in [0.15, 0.2) is 18.2 Å². The third-order valence-electron chi connectivity index (χ3n) is 8.42. The van der Waals surface area contributed by atoms with E-state index in [2.05, 4.69) is 26.2 Å². The number of nitrogens with zero attached hydrogens (tertiary/aromatic N) is 3. The summed E-state index contributed by atoms with van der Waals surface area (Å²) < 4.78 is 124. The van der Waals surface area contributed by atoms with Crippen molar-refractivity contribution in [3.05, 3.63) is 29.3 Å². The molecular weight excluding hydrogens is 585 g/mol. The van der Waals surface area contributed by atoms with Gasteiger partial charge in [0.15, 0.2) is 0 Å². The molecule has 0 atom stereocenters. The van der Waals surface area contributed by atoms with Crippen molar-refractivity contribution in [2.75, 3.05) is 32.7 Å². The van der Waals surface area contributed by atoms with E-state index in [0.29, 0.717) is 36.6 Å². The molecule has 1 amide bonds. The Bertz CT molecular complexity index is 1060. The van der Waals surface area contributed by atoms with Crippen LogP contribution in [0.3, 0.4) is 0 Å². The van der Waals surface area contributed by atoms with Gasteiger partial charge in [-0.2, -0.15) is 26.3 Å². The summed E-state index contributed by atoms with van der Waals surface area (Å²) in [6, 6.07) is 4.56. The van der Waals surface area contributed by atoms with Gasteiger partial charge in [-0.1, -0.05) is 13.0 Å². The fourth-order valence-corrected chi connectivity index (χ4v) is 6.21. The smallest absolute Gasteiger partial charge is 0.426 e. The average Bonchev–Trinajstić information content (AvgIpc) is 3.22. The zero-order chi connectivity index (χ0) is 30.9. The molecule has 1 aromatic rings. The third kappa shape index (κ3) is 8.35. The number of hydrogen-bond donors (Lipinski definition) is 0. The molecule has 3 fully saturated rings. The Kier molecular flexibility index (Phi) is 9.51. The number of likely N-dealkylation sites (tertiary alicyclic amines) is 3. The number of carbonyl (C=O) groups excluding carboxylic acids is 1. The van der Waals surface area contributed by atoms with E-state index < -0.39 is 36.5 Å². The second-order valence-electron chi connectivity index (χ2n) is 11.6. The molecule has 0 bridgehead atoms. The maximum Gasteiger partial charge on any atom is 0.573 e. The topological polar surface area (TPSA) is 45.2 Å². The lowest BCUT2D eigenvalue weighted by Crippen LogP contribution is -2.54. The molecular formula is C27H34F9N3O3. The minimum absolute atomic E-state index is 0.117. The summed E-state index contributed by atoms with van der Waals surface area (Å²) in [5.74, 6) is 0.266. The van der Waals surface area contributed by atoms with Crippen molar-refractivity contribution < 1.29 is 53.8 Å². The summed E-state index contributed by atoms with van der Waals surface area (Å²) in [5.41, 5.74) is 0.767. The van der Waals surface area contributed by atoms with E-state index in [-0.39, 0.29) is 38.2 Å². The van der Waals surface area contributed by atoms with Gasteiger partial charge in [0.2, 0.25) is 0 Å². The molecule has 3 aliphatic rings. The second-order valence-corrected chi connectivity index (χ2v) is 11.6. The minimum atomic E-state index is -5.80. The molecule has 1 aromatic carbocycles. The maximum atomic E-state index is 13.1. The van der Waals surface area contributed by atoms with Gasteiger partial charge >= 0.3 is 24.8 Å². The SMILES string of the molecule is CC1CCN(Cc2cc(CN3CCCC34CCN(C(=O)OC(C(F)(F)F)C(F)(F)F)CC4)cc(OC(F)(F)F)c2)CC1. The van der Waals surface area contributed by atoms with Crippen molar-refractivity contribution >= 4 is 6.09 Å². The lowest BCUT2D eigenvalue weighted by Gasteiger charge is -2.45. The van der Waals surface area contributed by atoms with Gasteiger partial charge in [-0.05, 0) is 87.3 Å². The number of carbonyl (C=O) groups is 1. The molecule has 1 spiro atoms. The minimum Gasteiger partial charge on any atom is -0.426 e. The number of hydrogen-bond acceptors (Lipinski definition) is 5. The Morgan fingerprint density at radius 3 is 1.98 bits per heavy atom. The molecule has 3 saturated heterocycles. The van der Waals surface area contributed by atoms with Crippen molar-refractivity contribution in [3.8, 4) is 5.75 Å². The summed E-state index contributed by atoms with van der Waals surface area (Å²) in [5, 5.41) is 0. The highest BCUT2D eigenvalue weighted by atomic mass is 19.4.